The van der Waals surface area contributed by atoms with Gasteiger partial charge in [-0.2, -0.15) is 26.3 Å². The quantitative estimate of drug-likeness (QED) is 0.368. The summed E-state index contributed by atoms with van der Waals surface area (Å²) in [7, 11) is 1.23. The molecule has 0 heterocycles. The first-order valence-electron chi connectivity index (χ1n) is 8.24. The zero-order valence-electron chi connectivity index (χ0n) is 15.8. The average Bonchev–Trinajstić information content (AvgIpc) is 2.42. The highest BCUT2D eigenvalue weighted by Crippen LogP contribution is 2.53. The second kappa shape index (κ2) is 8.00. The molecule has 0 aliphatic carbocycles. The highest BCUT2D eigenvalue weighted by Gasteiger charge is 2.47. The van der Waals surface area contributed by atoms with Gasteiger partial charge in [-0.05, 0) is 34.4 Å². The third kappa shape index (κ3) is 4.50. The maximum atomic E-state index is 13.9. The van der Waals surface area contributed by atoms with Crippen molar-refractivity contribution in [2.45, 2.75) is 76.5 Å². The van der Waals surface area contributed by atoms with Gasteiger partial charge in [0.05, 0.1) is 18.2 Å². The Hall–Kier alpha value is -0.890. The molecule has 26 heavy (non-hydrogen) atoms. The molecule has 0 aromatic heterocycles. The summed E-state index contributed by atoms with van der Waals surface area (Å²) in [6, 6.07) is 0. The molecule has 150 valence electrons. The molecule has 0 aliphatic rings. The van der Waals surface area contributed by atoms with E-state index in [0.717, 1.165) is 0 Å². The van der Waals surface area contributed by atoms with Gasteiger partial charge in [0.2, 0.25) is 0 Å². The molecule has 0 N–H and O–H groups in total. The van der Waals surface area contributed by atoms with E-state index in [9.17, 15) is 26.3 Å². The molecule has 0 atom stereocenters. The van der Waals surface area contributed by atoms with E-state index in [-0.39, 0.29) is 16.0 Å². The monoisotopic (exact) mass is 402 g/mol. The van der Waals surface area contributed by atoms with Gasteiger partial charge in [0.15, 0.2) is 0 Å². The lowest BCUT2D eigenvalue weighted by Crippen LogP contribution is -2.24. The average molecular weight is 402 g/mol. The Balaban J connectivity index is 4.36. The highest BCUT2D eigenvalue weighted by molar-refractivity contribution is 7.94. The van der Waals surface area contributed by atoms with Crippen molar-refractivity contribution in [1.29, 1.82) is 0 Å². The normalized spacial score (nSPS) is 13.4. The van der Waals surface area contributed by atoms with Gasteiger partial charge < -0.3 is 4.18 Å². The molecular formula is C18H24F6OS. The lowest BCUT2D eigenvalue weighted by molar-refractivity contribution is -0.145. The van der Waals surface area contributed by atoms with Crippen LogP contribution in [0.3, 0.4) is 0 Å². The Kier molecular flexibility index (Phi) is 7.13. The van der Waals surface area contributed by atoms with Crippen LogP contribution in [0.2, 0.25) is 0 Å². The molecule has 0 amide bonds. The minimum Gasteiger partial charge on any atom is -0.314 e. The fourth-order valence-electron chi connectivity index (χ4n) is 3.25. The van der Waals surface area contributed by atoms with E-state index in [1.165, 1.54) is 21.0 Å². The van der Waals surface area contributed by atoms with Crippen LogP contribution in [0.25, 0.3) is 0 Å². The van der Waals surface area contributed by atoms with E-state index >= 15 is 0 Å². The molecule has 1 aromatic carbocycles. The van der Waals surface area contributed by atoms with Crippen LogP contribution in [0.1, 0.15) is 87.1 Å². The number of benzene rings is 1. The molecule has 0 saturated heterocycles. The molecule has 0 unspecified atom stereocenters. The van der Waals surface area contributed by atoms with Gasteiger partial charge in [0, 0.05) is 16.9 Å². The van der Waals surface area contributed by atoms with Gasteiger partial charge in [-0.1, -0.05) is 41.5 Å². The number of halogens is 6. The lowest BCUT2D eigenvalue weighted by Gasteiger charge is -2.32. The van der Waals surface area contributed by atoms with Crippen LogP contribution in [-0.2, 0) is 16.5 Å². The largest absolute Gasteiger partial charge is 0.417 e. The van der Waals surface area contributed by atoms with E-state index in [1.807, 2.05) is 0 Å². The lowest BCUT2D eigenvalue weighted by atomic mass is 9.79. The van der Waals surface area contributed by atoms with E-state index in [0.29, 0.717) is 12.0 Å². The van der Waals surface area contributed by atoms with Crippen LogP contribution in [0.5, 0.6) is 0 Å². The maximum absolute atomic E-state index is 13.9. The molecule has 8 heteroatoms. The first-order chi connectivity index (χ1) is 11.7. The summed E-state index contributed by atoms with van der Waals surface area (Å²) < 4.78 is 88.5. The van der Waals surface area contributed by atoms with Gasteiger partial charge in [0.25, 0.3) is 0 Å². The van der Waals surface area contributed by atoms with Gasteiger partial charge in [-0.15, -0.1) is 0 Å². The summed E-state index contributed by atoms with van der Waals surface area (Å²) in [5.74, 6) is -2.19. The summed E-state index contributed by atoms with van der Waals surface area (Å²) in [6.45, 7) is 8.91. The minimum absolute atomic E-state index is 0.0819. The molecule has 0 spiro atoms. The Morgan fingerprint density at radius 3 is 1.15 bits per heavy atom. The fraction of sp³-hybridized carbons (Fsp3) is 0.667. The second-order valence-electron chi connectivity index (χ2n) is 7.03. The summed E-state index contributed by atoms with van der Waals surface area (Å²) in [6.07, 6.45) is -9.81. The van der Waals surface area contributed by atoms with Crippen molar-refractivity contribution in [3.05, 3.63) is 27.8 Å². The number of hydrogen-bond acceptors (Lipinski definition) is 2. The van der Waals surface area contributed by atoms with Crippen LogP contribution in [0.15, 0.2) is 4.90 Å². The topological polar surface area (TPSA) is 9.23 Å². The predicted molar refractivity (Wildman–Crippen MR) is 91.6 cm³/mol. The second-order valence-corrected chi connectivity index (χ2v) is 7.94. The standard InChI is InChI=1S/C18H24F6OS/c1-8(2)11-14(17(19,20)21)12(9(3)4)16(26-25-7)13(10(5)6)15(11)18(22,23)24/h8-10H,1-7H3. The van der Waals surface area contributed by atoms with Gasteiger partial charge in [-0.3, -0.25) is 0 Å². The Morgan fingerprint density at radius 1 is 0.654 bits per heavy atom. The summed E-state index contributed by atoms with van der Waals surface area (Å²) in [4.78, 5) is -0.0819. The number of alkyl halides is 6. The Bertz CT molecular complexity index is 598. The smallest absolute Gasteiger partial charge is 0.314 e. The highest BCUT2D eigenvalue weighted by atomic mass is 32.2. The van der Waals surface area contributed by atoms with Crippen molar-refractivity contribution in [2.75, 3.05) is 7.11 Å². The fourth-order valence-corrected chi connectivity index (χ4v) is 4.27. The van der Waals surface area contributed by atoms with E-state index in [1.54, 1.807) is 27.7 Å². The van der Waals surface area contributed by atoms with Crippen molar-refractivity contribution in [1.82, 2.24) is 0 Å². The van der Waals surface area contributed by atoms with Crippen LogP contribution in [0, 0.1) is 0 Å². The zero-order valence-corrected chi connectivity index (χ0v) is 16.6. The van der Waals surface area contributed by atoms with Crippen LogP contribution < -0.4 is 0 Å². The van der Waals surface area contributed by atoms with Gasteiger partial charge in [0.1, 0.15) is 0 Å². The summed E-state index contributed by atoms with van der Waals surface area (Å²) in [5, 5.41) is 0. The molecule has 1 rings (SSSR count). The molecule has 1 nitrogen and oxygen atoms in total. The predicted octanol–water partition coefficient (Wildman–Crippen LogP) is 7.75. The maximum Gasteiger partial charge on any atom is 0.417 e. The molecule has 1 aromatic rings. The molecule has 0 saturated carbocycles. The molecule has 0 aliphatic heterocycles. The summed E-state index contributed by atoms with van der Waals surface area (Å²) >= 11 is 0.566. The Morgan fingerprint density at radius 2 is 0.962 bits per heavy atom. The first-order valence-corrected chi connectivity index (χ1v) is 8.98. The van der Waals surface area contributed by atoms with Gasteiger partial charge in [-0.25, -0.2) is 0 Å². The van der Waals surface area contributed by atoms with Crippen molar-refractivity contribution in [2.24, 2.45) is 0 Å². The SMILES string of the molecule is COSc1c(C(C)C)c(C(F)(F)F)c(C(C)C)c(C(F)(F)F)c1C(C)C. The number of rotatable bonds is 5. The van der Waals surface area contributed by atoms with Crippen LogP contribution in [-0.4, -0.2) is 7.11 Å². The third-order valence-electron chi connectivity index (χ3n) is 4.03. The molecular weight excluding hydrogens is 378 g/mol. The first kappa shape index (κ1) is 23.1. The summed E-state index contributed by atoms with van der Waals surface area (Å²) in [5.41, 5.74) is -3.31. The van der Waals surface area contributed by atoms with Gasteiger partial charge >= 0.3 is 12.4 Å². The van der Waals surface area contributed by atoms with E-state index < -0.39 is 46.8 Å². The van der Waals surface area contributed by atoms with Crippen molar-refractivity contribution in [3.63, 3.8) is 0 Å². The Labute approximate surface area is 154 Å². The van der Waals surface area contributed by atoms with Crippen molar-refractivity contribution >= 4 is 12.0 Å². The molecule has 0 radical (unpaired) electrons. The van der Waals surface area contributed by atoms with E-state index in [2.05, 4.69) is 0 Å². The van der Waals surface area contributed by atoms with Crippen LogP contribution >= 0.6 is 12.0 Å². The van der Waals surface area contributed by atoms with E-state index in [4.69, 9.17) is 4.18 Å². The van der Waals surface area contributed by atoms with Crippen molar-refractivity contribution < 1.29 is 30.5 Å². The zero-order chi connectivity index (χ0) is 20.6. The molecule has 0 fully saturated rings. The third-order valence-corrected chi connectivity index (χ3v) is 4.81. The van der Waals surface area contributed by atoms with Crippen LogP contribution in [0.4, 0.5) is 26.3 Å². The molecule has 0 bridgehead atoms. The minimum atomic E-state index is -4.90. The number of hydrogen-bond donors (Lipinski definition) is 0. The van der Waals surface area contributed by atoms with Crippen molar-refractivity contribution in [3.8, 4) is 0 Å².